The highest BCUT2D eigenvalue weighted by molar-refractivity contribution is 5.98. The number of ether oxygens (including phenoxy) is 1. The third-order valence-electron chi connectivity index (χ3n) is 5.25. The predicted molar refractivity (Wildman–Crippen MR) is 112 cm³/mol. The molecule has 8 nitrogen and oxygen atoms in total. The highest BCUT2D eigenvalue weighted by Gasteiger charge is 2.29. The molecule has 0 radical (unpaired) electrons. The summed E-state index contributed by atoms with van der Waals surface area (Å²) in [4.78, 5) is 33.6. The van der Waals surface area contributed by atoms with Crippen molar-refractivity contribution in [3.8, 4) is 5.75 Å². The monoisotopic (exact) mass is 426 g/mol. The molecule has 4 rings (SSSR count). The summed E-state index contributed by atoms with van der Waals surface area (Å²) in [6, 6.07) is 6.78. The van der Waals surface area contributed by atoms with Crippen molar-refractivity contribution in [2.75, 3.05) is 25.5 Å². The van der Waals surface area contributed by atoms with E-state index in [4.69, 9.17) is 9.57 Å². The van der Waals surface area contributed by atoms with Crippen LogP contribution in [0, 0.1) is 5.82 Å². The molecule has 0 saturated carbocycles. The lowest BCUT2D eigenvalue weighted by atomic mass is 10.1. The number of halogens is 1. The Kier molecular flexibility index (Phi) is 5.97. The fourth-order valence-electron chi connectivity index (χ4n) is 3.45. The molecule has 0 spiro atoms. The summed E-state index contributed by atoms with van der Waals surface area (Å²) < 4.78 is 20.5. The van der Waals surface area contributed by atoms with Gasteiger partial charge in [0.2, 0.25) is 0 Å². The zero-order chi connectivity index (χ0) is 22.0. The molecule has 1 atom stereocenters. The Morgan fingerprint density at radius 2 is 2.19 bits per heavy atom. The second-order valence-corrected chi connectivity index (χ2v) is 7.25. The maximum Gasteiger partial charge on any atom is 0.269 e. The molecule has 0 fully saturated rings. The van der Waals surface area contributed by atoms with Gasteiger partial charge >= 0.3 is 0 Å². The predicted octanol–water partition coefficient (Wildman–Crippen LogP) is 2.52. The van der Waals surface area contributed by atoms with Gasteiger partial charge in [0.25, 0.3) is 11.8 Å². The van der Waals surface area contributed by atoms with Crippen LogP contribution in [0.1, 0.15) is 35.0 Å². The molecule has 31 heavy (non-hydrogen) atoms. The summed E-state index contributed by atoms with van der Waals surface area (Å²) in [5.41, 5.74) is 2.60. The van der Waals surface area contributed by atoms with Crippen molar-refractivity contribution in [2.24, 2.45) is 0 Å². The van der Waals surface area contributed by atoms with Crippen LogP contribution < -0.4 is 15.4 Å². The quantitative estimate of drug-likeness (QED) is 0.763. The van der Waals surface area contributed by atoms with Gasteiger partial charge in [-0.05, 0) is 29.7 Å². The van der Waals surface area contributed by atoms with Crippen molar-refractivity contribution in [2.45, 2.75) is 26.0 Å². The number of pyridine rings is 1. The fourth-order valence-corrected chi connectivity index (χ4v) is 3.45. The van der Waals surface area contributed by atoms with Gasteiger partial charge in [-0.3, -0.25) is 19.4 Å². The van der Waals surface area contributed by atoms with Crippen LogP contribution in [0.3, 0.4) is 0 Å². The van der Waals surface area contributed by atoms with Gasteiger partial charge < -0.3 is 15.4 Å². The van der Waals surface area contributed by atoms with Gasteiger partial charge in [-0.2, -0.15) is 5.06 Å². The van der Waals surface area contributed by atoms with E-state index in [2.05, 4.69) is 15.6 Å². The molecule has 2 aliphatic rings. The van der Waals surface area contributed by atoms with Crippen molar-refractivity contribution < 1.29 is 23.6 Å². The number of amides is 2. The molecular weight excluding hydrogens is 403 g/mol. The number of benzene rings is 1. The van der Waals surface area contributed by atoms with Crippen molar-refractivity contribution in [3.05, 3.63) is 59.2 Å². The second-order valence-electron chi connectivity index (χ2n) is 7.25. The van der Waals surface area contributed by atoms with Crippen LogP contribution in [-0.4, -0.2) is 48.2 Å². The summed E-state index contributed by atoms with van der Waals surface area (Å²) in [7, 11) is 1.55. The van der Waals surface area contributed by atoms with E-state index in [1.165, 1.54) is 0 Å². The molecule has 2 N–H and O–H groups in total. The van der Waals surface area contributed by atoms with Crippen LogP contribution in [0.4, 0.5) is 10.1 Å². The number of rotatable bonds is 5. The zero-order valence-corrected chi connectivity index (χ0v) is 17.3. The fraction of sp³-hybridized carbons (Fsp3) is 0.318. The molecule has 162 valence electrons. The van der Waals surface area contributed by atoms with Crippen molar-refractivity contribution in [1.82, 2.24) is 15.4 Å². The van der Waals surface area contributed by atoms with E-state index in [0.29, 0.717) is 36.6 Å². The van der Waals surface area contributed by atoms with E-state index in [9.17, 15) is 14.0 Å². The third kappa shape index (κ3) is 4.28. The van der Waals surface area contributed by atoms with Gasteiger partial charge in [-0.1, -0.05) is 25.1 Å². The SMILES string of the molecule is CCC1Oc2ccc(CN3CC=C(c4ccc(C(=O)NC)nc4)CO3)c(F)c2NC1=O. The van der Waals surface area contributed by atoms with E-state index in [-0.39, 0.29) is 24.0 Å². The summed E-state index contributed by atoms with van der Waals surface area (Å²) in [6.07, 6.45) is 3.51. The first-order chi connectivity index (χ1) is 15.0. The lowest BCUT2D eigenvalue weighted by Crippen LogP contribution is -2.37. The number of nitrogens with one attached hydrogen (secondary N) is 2. The molecule has 0 saturated heterocycles. The van der Waals surface area contributed by atoms with Gasteiger partial charge in [0.1, 0.15) is 17.1 Å². The Morgan fingerprint density at radius 1 is 1.35 bits per heavy atom. The number of hydrogen-bond acceptors (Lipinski definition) is 6. The average molecular weight is 426 g/mol. The largest absolute Gasteiger partial charge is 0.478 e. The van der Waals surface area contributed by atoms with Gasteiger partial charge in [-0.15, -0.1) is 0 Å². The average Bonchev–Trinajstić information content (AvgIpc) is 2.81. The van der Waals surface area contributed by atoms with Crippen LogP contribution in [0.5, 0.6) is 5.75 Å². The minimum absolute atomic E-state index is 0.0720. The van der Waals surface area contributed by atoms with Crippen molar-refractivity contribution in [3.63, 3.8) is 0 Å². The Morgan fingerprint density at radius 3 is 2.84 bits per heavy atom. The van der Waals surface area contributed by atoms with Gasteiger partial charge in [0.05, 0.1) is 13.2 Å². The van der Waals surface area contributed by atoms with E-state index >= 15 is 0 Å². The van der Waals surface area contributed by atoms with Gasteiger partial charge in [0, 0.05) is 25.4 Å². The van der Waals surface area contributed by atoms with Crippen LogP contribution in [0.2, 0.25) is 0 Å². The zero-order valence-electron chi connectivity index (χ0n) is 17.3. The second kappa shape index (κ2) is 8.83. The lowest BCUT2D eigenvalue weighted by Gasteiger charge is -2.28. The van der Waals surface area contributed by atoms with Crippen LogP contribution in [0.25, 0.3) is 5.57 Å². The summed E-state index contributed by atoms with van der Waals surface area (Å²) in [6.45, 7) is 2.79. The number of fused-ring (bicyclic) bond motifs is 1. The number of carbonyl (C=O) groups excluding carboxylic acids is 2. The van der Waals surface area contributed by atoms with Gasteiger partial charge in [-0.25, -0.2) is 4.39 Å². The van der Waals surface area contributed by atoms with E-state index < -0.39 is 11.9 Å². The highest BCUT2D eigenvalue weighted by Crippen LogP contribution is 2.35. The highest BCUT2D eigenvalue weighted by atomic mass is 19.1. The molecule has 0 bridgehead atoms. The minimum Gasteiger partial charge on any atom is -0.478 e. The number of carbonyl (C=O) groups is 2. The third-order valence-corrected chi connectivity index (χ3v) is 5.25. The molecule has 2 amide bonds. The first kappa shape index (κ1) is 21.0. The maximum absolute atomic E-state index is 15.0. The number of hydroxylamine groups is 2. The Labute approximate surface area is 179 Å². The molecule has 1 aromatic heterocycles. The minimum atomic E-state index is -0.605. The van der Waals surface area contributed by atoms with Crippen molar-refractivity contribution in [1.29, 1.82) is 0 Å². The molecule has 0 aliphatic carbocycles. The summed E-state index contributed by atoms with van der Waals surface area (Å²) in [5, 5.41) is 6.78. The first-order valence-electron chi connectivity index (χ1n) is 10.0. The number of hydrogen-bond donors (Lipinski definition) is 2. The smallest absolute Gasteiger partial charge is 0.269 e. The van der Waals surface area contributed by atoms with Crippen LogP contribution in [0.15, 0.2) is 36.5 Å². The lowest BCUT2D eigenvalue weighted by molar-refractivity contribution is -0.151. The molecule has 1 aromatic carbocycles. The van der Waals surface area contributed by atoms with Crippen molar-refractivity contribution >= 4 is 23.1 Å². The van der Waals surface area contributed by atoms with E-state index in [1.807, 2.05) is 19.1 Å². The topological polar surface area (TPSA) is 92.8 Å². The molecule has 9 heteroatoms. The Bertz CT molecular complexity index is 1040. The van der Waals surface area contributed by atoms with Crippen LogP contribution >= 0.6 is 0 Å². The molecular formula is C22H23FN4O4. The molecule has 3 heterocycles. The maximum atomic E-state index is 15.0. The number of nitrogens with zero attached hydrogens (tertiary/aromatic N) is 2. The molecule has 2 aliphatic heterocycles. The summed E-state index contributed by atoms with van der Waals surface area (Å²) in [5.74, 6) is -0.774. The summed E-state index contributed by atoms with van der Waals surface area (Å²) >= 11 is 0. The standard InChI is InChI=1S/C22H23FN4O4/c1-3-17-22(29)26-20-18(31-17)7-5-14(19(20)23)11-27-9-8-15(12-30-27)13-4-6-16(25-10-13)21(28)24-2/h4-8,10,17H,3,9,11-12H2,1-2H3,(H,24,28)(H,26,29). The first-order valence-corrected chi connectivity index (χ1v) is 10.0. The van der Waals surface area contributed by atoms with Crippen LogP contribution in [-0.2, 0) is 16.2 Å². The normalized spacial score (nSPS) is 18.5. The van der Waals surface area contributed by atoms with E-state index in [1.54, 1.807) is 36.5 Å². The Balaban J connectivity index is 1.43. The van der Waals surface area contributed by atoms with E-state index in [0.717, 1.165) is 11.1 Å². The number of anilines is 1. The van der Waals surface area contributed by atoms with Gasteiger partial charge in [0.15, 0.2) is 11.9 Å². The molecule has 1 unspecified atom stereocenters. The Hall–Kier alpha value is -3.30. The number of aromatic nitrogens is 1. The molecule has 2 aromatic rings.